The van der Waals surface area contributed by atoms with Gasteiger partial charge in [0.25, 0.3) is 11.5 Å². The van der Waals surface area contributed by atoms with E-state index in [1.54, 1.807) is 12.1 Å². The number of likely N-dealkylation sites (tertiary alicyclic amines) is 1. The van der Waals surface area contributed by atoms with Crippen LogP contribution in [-0.2, 0) is 11.3 Å². The number of pyridine rings is 1. The molecular formula is C24H27N3O4. The number of piperidine rings is 1. The van der Waals surface area contributed by atoms with Gasteiger partial charge >= 0.3 is 0 Å². The number of rotatable bonds is 5. The number of aromatic nitrogens is 1. The molecule has 1 spiro atoms. The SMILES string of the molecule is O=C(NC[C@@H]1CCC2(CCN(Cc3cc4ccccc4[nH]c3=O)CC2)O1)c1ccco1. The molecule has 1 aromatic carbocycles. The molecule has 1 atom stereocenters. The van der Waals surface area contributed by atoms with Gasteiger partial charge in [0.1, 0.15) is 0 Å². The fourth-order valence-corrected chi connectivity index (χ4v) is 4.78. The fourth-order valence-electron chi connectivity index (χ4n) is 4.78. The predicted molar refractivity (Wildman–Crippen MR) is 117 cm³/mol. The first-order valence-electron chi connectivity index (χ1n) is 10.9. The molecule has 4 heterocycles. The molecule has 2 saturated heterocycles. The van der Waals surface area contributed by atoms with Crippen LogP contribution >= 0.6 is 0 Å². The molecule has 3 aromatic rings. The molecule has 31 heavy (non-hydrogen) atoms. The summed E-state index contributed by atoms with van der Waals surface area (Å²) in [5, 5.41) is 3.96. The maximum Gasteiger partial charge on any atom is 0.287 e. The van der Waals surface area contributed by atoms with Crippen molar-refractivity contribution in [3.8, 4) is 0 Å². The number of H-pyrrole nitrogens is 1. The monoisotopic (exact) mass is 421 g/mol. The van der Waals surface area contributed by atoms with Gasteiger partial charge in [-0.05, 0) is 55.3 Å². The van der Waals surface area contributed by atoms with E-state index >= 15 is 0 Å². The Bertz CT molecular complexity index is 1110. The van der Waals surface area contributed by atoms with Crippen molar-refractivity contribution in [2.45, 2.75) is 43.9 Å². The Morgan fingerprint density at radius 3 is 2.81 bits per heavy atom. The Kier molecular flexibility index (Phi) is 5.38. The third-order valence-corrected chi connectivity index (χ3v) is 6.57. The Labute approximate surface area is 180 Å². The number of nitrogens with zero attached hydrogens (tertiary/aromatic N) is 1. The molecule has 1 amide bonds. The molecule has 0 saturated carbocycles. The number of fused-ring (bicyclic) bond motifs is 1. The lowest BCUT2D eigenvalue weighted by Gasteiger charge is -2.39. The van der Waals surface area contributed by atoms with Crippen LogP contribution in [0.4, 0.5) is 0 Å². The smallest absolute Gasteiger partial charge is 0.287 e. The van der Waals surface area contributed by atoms with Crippen molar-refractivity contribution in [2.75, 3.05) is 19.6 Å². The predicted octanol–water partition coefficient (Wildman–Crippen LogP) is 3.06. The summed E-state index contributed by atoms with van der Waals surface area (Å²) in [5.74, 6) is 0.120. The summed E-state index contributed by atoms with van der Waals surface area (Å²) in [6, 6.07) is 13.2. The lowest BCUT2D eigenvalue weighted by atomic mass is 9.88. The first kappa shape index (κ1) is 20.0. The van der Waals surface area contributed by atoms with E-state index in [9.17, 15) is 9.59 Å². The van der Waals surface area contributed by atoms with E-state index in [2.05, 4.69) is 15.2 Å². The summed E-state index contributed by atoms with van der Waals surface area (Å²) in [5.41, 5.74) is 1.56. The molecule has 7 nitrogen and oxygen atoms in total. The number of carbonyl (C=O) groups excluding carboxylic acids is 1. The zero-order valence-corrected chi connectivity index (χ0v) is 17.4. The molecule has 7 heteroatoms. The van der Waals surface area contributed by atoms with Gasteiger partial charge < -0.3 is 19.5 Å². The normalized spacial score (nSPS) is 21.0. The van der Waals surface area contributed by atoms with E-state index in [1.165, 1.54) is 6.26 Å². The van der Waals surface area contributed by atoms with Crippen LogP contribution in [0.15, 0.2) is 57.9 Å². The quantitative estimate of drug-likeness (QED) is 0.661. The highest BCUT2D eigenvalue weighted by Crippen LogP contribution is 2.39. The number of hydrogen-bond acceptors (Lipinski definition) is 5. The molecule has 0 radical (unpaired) electrons. The standard InChI is InChI=1S/C24H27N3O4/c28-22-18(14-17-4-1-2-5-20(17)26-22)16-27-11-9-24(10-12-27)8-7-19(31-24)15-25-23(29)21-6-3-13-30-21/h1-6,13-14,19H,7-12,15-16H2,(H,25,29)(H,26,28)/t19-/m0/s1. The van der Waals surface area contributed by atoms with Crippen molar-refractivity contribution in [1.29, 1.82) is 0 Å². The highest BCUT2D eigenvalue weighted by atomic mass is 16.5. The van der Waals surface area contributed by atoms with E-state index in [-0.39, 0.29) is 23.2 Å². The molecular weight excluding hydrogens is 394 g/mol. The summed E-state index contributed by atoms with van der Waals surface area (Å²) in [4.78, 5) is 29.8. The van der Waals surface area contributed by atoms with Gasteiger partial charge in [-0.15, -0.1) is 0 Å². The average molecular weight is 421 g/mol. The molecule has 162 valence electrons. The highest BCUT2D eigenvalue weighted by Gasteiger charge is 2.42. The number of para-hydroxylation sites is 1. The highest BCUT2D eigenvalue weighted by molar-refractivity contribution is 5.91. The topological polar surface area (TPSA) is 87.6 Å². The summed E-state index contributed by atoms with van der Waals surface area (Å²) in [7, 11) is 0. The van der Waals surface area contributed by atoms with Crippen LogP contribution in [0, 0.1) is 0 Å². The van der Waals surface area contributed by atoms with Gasteiger partial charge in [-0.3, -0.25) is 14.5 Å². The number of furan rings is 1. The van der Waals surface area contributed by atoms with Crippen LogP contribution in [0.1, 0.15) is 41.8 Å². The first-order chi connectivity index (χ1) is 15.1. The van der Waals surface area contributed by atoms with Crippen molar-refractivity contribution in [2.24, 2.45) is 0 Å². The summed E-state index contributed by atoms with van der Waals surface area (Å²) < 4.78 is 11.5. The number of ether oxygens (including phenoxy) is 1. The summed E-state index contributed by atoms with van der Waals surface area (Å²) in [6.45, 7) is 2.95. The Morgan fingerprint density at radius 1 is 1.16 bits per heavy atom. The summed E-state index contributed by atoms with van der Waals surface area (Å²) in [6.07, 6.45) is 5.38. The van der Waals surface area contributed by atoms with Crippen molar-refractivity contribution < 1.29 is 13.9 Å². The van der Waals surface area contributed by atoms with Crippen LogP contribution in [0.5, 0.6) is 0 Å². The Hall–Kier alpha value is -2.90. The second-order valence-electron chi connectivity index (χ2n) is 8.64. The number of amides is 1. The molecule has 2 aliphatic heterocycles. The van der Waals surface area contributed by atoms with Crippen molar-refractivity contribution in [1.82, 2.24) is 15.2 Å². The number of benzene rings is 1. The van der Waals surface area contributed by atoms with E-state index in [0.29, 0.717) is 18.8 Å². The number of aromatic amines is 1. The van der Waals surface area contributed by atoms with Crippen LogP contribution in [0.25, 0.3) is 10.9 Å². The minimum absolute atomic E-state index is 0.0107. The third-order valence-electron chi connectivity index (χ3n) is 6.57. The van der Waals surface area contributed by atoms with Crippen LogP contribution < -0.4 is 10.9 Å². The van der Waals surface area contributed by atoms with Crippen molar-refractivity contribution in [3.63, 3.8) is 0 Å². The minimum Gasteiger partial charge on any atom is -0.459 e. The number of nitrogens with one attached hydrogen (secondary N) is 2. The fraction of sp³-hybridized carbons (Fsp3) is 0.417. The molecule has 2 aliphatic rings. The van der Waals surface area contributed by atoms with Gasteiger partial charge in [-0.1, -0.05) is 18.2 Å². The van der Waals surface area contributed by atoms with Gasteiger partial charge in [-0.25, -0.2) is 0 Å². The Balaban J connectivity index is 1.14. The Morgan fingerprint density at radius 2 is 2.00 bits per heavy atom. The molecule has 0 bridgehead atoms. The molecule has 2 fully saturated rings. The molecule has 0 aliphatic carbocycles. The zero-order valence-electron chi connectivity index (χ0n) is 17.4. The lowest BCUT2D eigenvalue weighted by Crippen LogP contribution is -2.45. The molecule has 2 N–H and O–H groups in total. The van der Waals surface area contributed by atoms with Crippen LogP contribution in [0.3, 0.4) is 0 Å². The second-order valence-corrected chi connectivity index (χ2v) is 8.64. The lowest BCUT2D eigenvalue weighted by molar-refractivity contribution is -0.0765. The number of hydrogen-bond donors (Lipinski definition) is 2. The van der Waals surface area contributed by atoms with E-state index in [1.807, 2.05) is 30.3 Å². The maximum atomic E-state index is 12.5. The van der Waals surface area contributed by atoms with E-state index in [0.717, 1.165) is 55.2 Å². The van der Waals surface area contributed by atoms with Crippen molar-refractivity contribution >= 4 is 16.8 Å². The van der Waals surface area contributed by atoms with Gasteiger partial charge in [0.2, 0.25) is 0 Å². The maximum absolute atomic E-state index is 12.5. The van der Waals surface area contributed by atoms with E-state index in [4.69, 9.17) is 9.15 Å². The molecule has 0 unspecified atom stereocenters. The second kappa shape index (κ2) is 8.32. The third kappa shape index (κ3) is 4.29. The average Bonchev–Trinajstić information content (AvgIpc) is 3.45. The summed E-state index contributed by atoms with van der Waals surface area (Å²) >= 11 is 0. The minimum atomic E-state index is -0.204. The van der Waals surface area contributed by atoms with Crippen LogP contribution in [0.2, 0.25) is 0 Å². The molecule has 5 rings (SSSR count). The molecule has 2 aromatic heterocycles. The largest absolute Gasteiger partial charge is 0.459 e. The van der Waals surface area contributed by atoms with Crippen LogP contribution in [-0.4, -0.2) is 47.1 Å². The van der Waals surface area contributed by atoms with Gasteiger partial charge in [-0.2, -0.15) is 0 Å². The van der Waals surface area contributed by atoms with Gasteiger partial charge in [0, 0.05) is 37.3 Å². The van der Waals surface area contributed by atoms with Gasteiger partial charge in [0.15, 0.2) is 5.76 Å². The zero-order chi connectivity index (χ0) is 21.3. The number of carbonyl (C=O) groups is 1. The first-order valence-corrected chi connectivity index (χ1v) is 10.9. The van der Waals surface area contributed by atoms with E-state index < -0.39 is 0 Å². The van der Waals surface area contributed by atoms with Gasteiger partial charge in [0.05, 0.1) is 18.0 Å². The van der Waals surface area contributed by atoms with Crippen molar-refractivity contribution in [3.05, 3.63) is 70.4 Å².